The first-order valence-corrected chi connectivity index (χ1v) is 5.97. The third-order valence-corrected chi connectivity index (χ3v) is 2.66. The number of hydrogen-bond acceptors (Lipinski definition) is 4. The summed E-state index contributed by atoms with van der Waals surface area (Å²) in [7, 11) is 1.58. The van der Waals surface area contributed by atoms with Crippen molar-refractivity contribution in [2.45, 2.75) is 6.61 Å². The lowest BCUT2D eigenvalue weighted by atomic mass is 10.2. The Bertz CT molecular complexity index is 563. The number of hydrogen-bond donors (Lipinski definition) is 0. The highest BCUT2D eigenvalue weighted by atomic mass is 35.5. The van der Waals surface area contributed by atoms with Gasteiger partial charge in [0.15, 0.2) is 5.15 Å². The molecule has 0 aliphatic heterocycles. The lowest BCUT2D eigenvalue weighted by Crippen LogP contribution is -2.27. The maximum absolute atomic E-state index is 11.8. The molecular weight excluding hydrogens is 266 g/mol. The van der Waals surface area contributed by atoms with Crippen LogP contribution in [-0.4, -0.2) is 23.3 Å². The number of rotatable bonds is 3. The summed E-state index contributed by atoms with van der Waals surface area (Å²) < 4.78 is 5.18. The van der Waals surface area contributed by atoms with Crippen molar-refractivity contribution in [3.05, 3.63) is 53.3 Å². The van der Waals surface area contributed by atoms with E-state index in [0.717, 1.165) is 5.56 Å². The molecule has 2 rings (SSSR count). The molecule has 6 heteroatoms. The highest BCUT2D eigenvalue weighted by Crippen LogP contribution is 2.15. The van der Waals surface area contributed by atoms with Gasteiger partial charge in [0.25, 0.3) is 0 Å². The van der Waals surface area contributed by atoms with Gasteiger partial charge in [0.05, 0.1) is 11.9 Å². The molecule has 0 atom stereocenters. The molecule has 0 bridgehead atoms. The van der Waals surface area contributed by atoms with Gasteiger partial charge in [-0.1, -0.05) is 41.9 Å². The highest BCUT2D eigenvalue weighted by Gasteiger charge is 2.13. The average molecular weight is 278 g/mol. The molecule has 0 aliphatic carbocycles. The van der Waals surface area contributed by atoms with Gasteiger partial charge in [0, 0.05) is 13.1 Å². The number of benzene rings is 1. The van der Waals surface area contributed by atoms with Crippen molar-refractivity contribution >= 4 is 23.4 Å². The number of halogens is 1. The number of nitrogens with zero attached hydrogens (tertiary/aromatic N) is 3. The highest BCUT2D eigenvalue weighted by molar-refractivity contribution is 6.29. The molecule has 1 aromatic heterocycles. The molecule has 1 heterocycles. The van der Waals surface area contributed by atoms with E-state index >= 15 is 0 Å². The van der Waals surface area contributed by atoms with Crippen LogP contribution in [0.25, 0.3) is 0 Å². The van der Waals surface area contributed by atoms with Crippen LogP contribution in [0.4, 0.5) is 10.5 Å². The maximum atomic E-state index is 11.8. The second-order valence-electron chi connectivity index (χ2n) is 3.84. The molecule has 0 spiro atoms. The summed E-state index contributed by atoms with van der Waals surface area (Å²) in [5.41, 5.74) is 1.45. The van der Waals surface area contributed by atoms with E-state index in [4.69, 9.17) is 16.3 Å². The van der Waals surface area contributed by atoms with Crippen LogP contribution in [0, 0.1) is 0 Å². The molecule has 0 aliphatic rings. The lowest BCUT2D eigenvalue weighted by Gasteiger charge is -2.16. The van der Waals surface area contributed by atoms with E-state index in [1.54, 1.807) is 13.1 Å². The predicted molar refractivity (Wildman–Crippen MR) is 72.1 cm³/mol. The van der Waals surface area contributed by atoms with Crippen LogP contribution in [0.1, 0.15) is 5.56 Å². The van der Waals surface area contributed by atoms with Gasteiger partial charge in [-0.15, -0.1) is 5.10 Å². The smallest absolute Gasteiger partial charge is 0.414 e. The third-order valence-electron chi connectivity index (χ3n) is 2.48. The van der Waals surface area contributed by atoms with Gasteiger partial charge in [-0.25, -0.2) is 4.79 Å². The number of anilines is 1. The zero-order chi connectivity index (χ0) is 13.7. The topological polar surface area (TPSA) is 55.3 Å². The van der Waals surface area contributed by atoms with Gasteiger partial charge in [0.1, 0.15) is 6.61 Å². The average Bonchev–Trinajstić information content (AvgIpc) is 2.45. The van der Waals surface area contributed by atoms with E-state index < -0.39 is 6.09 Å². The number of aromatic nitrogens is 2. The molecule has 0 saturated carbocycles. The van der Waals surface area contributed by atoms with Crippen molar-refractivity contribution in [3.63, 3.8) is 0 Å². The zero-order valence-electron chi connectivity index (χ0n) is 10.3. The fourth-order valence-corrected chi connectivity index (χ4v) is 1.59. The number of amides is 1. The fraction of sp³-hybridized carbons (Fsp3) is 0.154. The predicted octanol–water partition coefficient (Wildman–Crippen LogP) is 2.90. The van der Waals surface area contributed by atoms with E-state index in [0.29, 0.717) is 5.69 Å². The summed E-state index contributed by atoms with van der Waals surface area (Å²) in [6.45, 7) is 0.219. The van der Waals surface area contributed by atoms with Crippen molar-refractivity contribution in [3.8, 4) is 0 Å². The van der Waals surface area contributed by atoms with E-state index in [2.05, 4.69) is 10.2 Å². The minimum Gasteiger partial charge on any atom is -0.444 e. The summed E-state index contributed by atoms with van der Waals surface area (Å²) in [5, 5.41) is 7.51. The SMILES string of the molecule is CN(C(=O)OCc1ccccc1)c1cnnc(Cl)c1. The van der Waals surface area contributed by atoms with Crippen LogP contribution in [0.15, 0.2) is 42.6 Å². The molecule has 0 N–H and O–H groups in total. The van der Waals surface area contributed by atoms with Crippen LogP contribution in [0.5, 0.6) is 0 Å². The van der Waals surface area contributed by atoms with Crippen molar-refractivity contribution in [2.24, 2.45) is 0 Å². The van der Waals surface area contributed by atoms with Gasteiger partial charge in [0.2, 0.25) is 0 Å². The van der Waals surface area contributed by atoms with Gasteiger partial charge < -0.3 is 4.74 Å². The second-order valence-corrected chi connectivity index (χ2v) is 4.22. The molecule has 1 aromatic carbocycles. The van der Waals surface area contributed by atoms with E-state index in [1.165, 1.54) is 11.1 Å². The van der Waals surface area contributed by atoms with Crippen LogP contribution >= 0.6 is 11.6 Å². The summed E-state index contributed by atoms with van der Waals surface area (Å²) in [5.74, 6) is 0. The van der Waals surface area contributed by atoms with Gasteiger partial charge in [-0.2, -0.15) is 5.10 Å². The Kier molecular flexibility index (Phi) is 4.30. The van der Waals surface area contributed by atoms with Crippen molar-refractivity contribution in [1.29, 1.82) is 0 Å². The molecule has 1 amide bonds. The lowest BCUT2D eigenvalue weighted by molar-refractivity contribution is 0.148. The molecule has 19 heavy (non-hydrogen) atoms. The standard InChI is InChI=1S/C13H12ClN3O2/c1-17(11-7-12(14)16-15-8-11)13(18)19-9-10-5-3-2-4-6-10/h2-8H,9H2,1H3. The molecule has 0 unspecified atom stereocenters. The largest absolute Gasteiger partial charge is 0.444 e. The minimum absolute atomic E-state index is 0.219. The van der Waals surface area contributed by atoms with Crippen LogP contribution in [-0.2, 0) is 11.3 Å². The number of ether oxygens (including phenoxy) is 1. The second kappa shape index (κ2) is 6.15. The molecule has 5 nitrogen and oxygen atoms in total. The number of carbonyl (C=O) groups excluding carboxylic acids is 1. The van der Waals surface area contributed by atoms with Crippen LogP contribution in [0.2, 0.25) is 5.15 Å². The first-order chi connectivity index (χ1) is 9.16. The quantitative estimate of drug-likeness (QED) is 0.866. The van der Waals surface area contributed by atoms with E-state index in [-0.39, 0.29) is 11.8 Å². The Hall–Kier alpha value is -2.14. The molecule has 2 aromatic rings. The molecule has 0 saturated heterocycles. The Balaban J connectivity index is 1.96. The first kappa shape index (κ1) is 13.3. The van der Waals surface area contributed by atoms with Crippen molar-refractivity contribution in [1.82, 2.24) is 10.2 Å². The molecular formula is C13H12ClN3O2. The Morgan fingerprint density at radius 1 is 1.37 bits per heavy atom. The van der Waals surface area contributed by atoms with Gasteiger partial charge in [-0.3, -0.25) is 4.90 Å². The minimum atomic E-state index is -0.479. The Morgan fingerprint density at radius 3 is 2.79 bits per heavy atom. The van der Waals surface area contributed by atoms with Crippen LogP contribution < -0.4 is 4.90 Å². The van der Waals surface area contributed by atoms with Gasteiger partial charge >= 0.3 is 6.09 Å². The van der Waals surface area contributed by atoms with E-state index in [9.17, 15) is 4.79 Å². The maximum Gasteiger partial charge on any atom is 0.414 e. The monoisotopic (exact) mass is 277 g/mol. The van der Waals surface area contributed by atoms with Crippen molar-refractivity contribution < 1.29 is 9.53 Å². The van der Waals surface area contributed by atoms with E-state index in [1.807, 2.05) is 30.3 Å². The van der Waals surface area contributed by atoms with Crippen molar-refractivity contribution in [2.75, 3.05) is 11.9 Å². The number of carbonyl (C=O) groups is 1. The Labute approximate surface area is 115 Å². The zero-order valence-corrected chi connectivity index (χ0v) is 11.0. The summed E-state index contributed by atoms with van der Waals surface area (Å²) in [6, 6.07) is 11.0. The Morgan fingerprint density at radius 2 is 2.11 bits per heavy atom. The summed E-state index contributed by atoms with van der Waals surface area (Å²) in [6.07, 6.45) is 0.961. The molecule has 98 valence electrons. The molecule has 0 radical (unpaired) electrons. The summed E-state index contributed by atoms with van der Waals surface area (Å²) in [4.78, 5) is 13.2. The van der Waals surface area contributed by atoms with Crippen LogP contribution in [0.3, 0.4) is 0 Å². The third kappa shape index (κ3) is 3.66. The first-order valence-electron chi connectivity index (χ1n) is 5.59. The fourth-order valence-electron chi connectivity index (χ4n) is 1.44. The summed E-state index contributed by atoms with van der Waals surface area (Å²) >= 11 is 5.71. The normalized spacial score (nSPS) is 10.0. The van der Waals surface area contributed by atoms with Gasteiger partial charge in [-0.05, 0) is 5.56 Å². The molecule has 0 fully saturated rings.